The molecule has 0 saturated heterocycles. The van der Waals surface area contributed by atoms with Crippen LogP contribution in [0.15, 0.2) is 63.3 Å². The van der Waals surface area contributed by atoms with E-state index in [0.717, 1.165) is 6.26 Å². The van der Waals surface area contributed by atoms with Gasteiger partial charge in [0.1, 0.15) is 11.6 Å². The largest absolute Gasteiger partial charge is 0.290 e. The monoisotopic (exact) mass is 427 g/mol. The van der Waals surface area contributed by atoms with Crippen LogP contribution in [0, 0.1) is 11.3 Å². The number of benzene rings is 2. The summed E-state index contributed by atoms with van der Waals surface area (Å²) in [4.78, 5) is 19.0. The maximum Gasteiger partial charge on any atom is 0.270 e. The fraction of sp³-hybridized carbons (Fsp3) is 0.0526. The van der Waals surface area contributed by atoms with Gasteiger partial charge >= 0.3 is 0 Å². The summed E-state index contributed by atoms with van der Waals surface area (Å²) in [7, 11) is -3.37. The molecule has 1 heterocycles. The van der Waals surface area contributed by atoms with Crippen molar-refractivity contribution in [3.63, 3.8) is 0 Å². The highest BCUT2D eigenvalue weighted by Gasteiger charge is 2.13. The molecule has 3 aromatic rings. The molecule has 29 heavy (non-hydrogen) atoms. The van der Waals surface area contributed by atoms with Gasteiger partial charge in [0.15, 0.2) is 9.84 Å². The Balaban J connectivity index is 1.89. The van der Waals surface area contributed by atoms with Gasteiger partial charge in [0.2, 0.25) is 5.95 Å². The molecule has 2 N–H and O–H groups in total. The predicted octanol–water partition coefficient (Wildman–Crippen LogP) is 2.81. The zero-order valence-electron chi connectivity index (χ0n) is 15.0. The van der Waals surface area contributed by atoms with Gasteiger partial charge < -0.3 is 0 Å². The van der Waals surface area contributed by atoms with Crippen LogP contribution in [0.25, 0.3) is 11.3 Å². The fourth-order valence-electron chi connectivity index (χ4n) is 2.44. The Bertz CT molecular complexity index is 1300. The van der Waals surface area contributed by atoms with Crippen LogP contribution in [0.1, 0.15) is 11.1 Å². The van der Waals surface area contributed by atoms with Gasteiger partial charge in [-0.3, -0.25) is 9.78 Å². The van der Waals surface area contributed by atoms with Crippen LogP contribution in [-0.4, -0.2) is 30.9 Å². The topological polar surface area (TPSA) is 128 Å². The van der Waals surface area contributed by atoms with Crippen molar-refractivity contribution in [3.8, 4) is 17.3 Å². The summed E-state index contributed by atoms with van der Waals surface area (Å²) < 4.78 is 23.1. The van der Waals surface area contributed by atoms with Crippen LogP contribution in [0.2, 0.25) is 5.02 Å². The Morgan fingerprint density at radius 2 is 1.97 bits per heavy atom. The molecule has 0 unspecified atom stereocenters. The molecule has 1 aromatic heterocycles. The average molecular weight is 428 g/mol. The number of hydrogen-bond acceptors (Lipinski definition) is 7. The minimum absolute atomic E-state index is 0.0352. The molecule has 10 heteroatoms. The van der Waals surface area contributed by atoms with Crippen molar-refractivity contribution in [3.05, 3.63) is 75.0 Å². The average Bonchev–Trinajstić information content (AvgIpc) is 2.68. The number of aromatic amines is 1. The number of hydrogen-bond donors (Lipinski definition) is 2. The first-order valence-corrected chi connectivity index (χ1v) is 10.4. The van der Waals surface area contributed by atoms with Gasteiger partial charge in [-0.1, -0.05) is 48.0 Å². The molecule has 0 spiro atoms. The number of anilines is 1. The molecule has 0 fully saturated rings. The molecular formula is C19H14ClN5O3S. The van der Waals surface area contributed by atoms with E-state index in [4.69, 9.17) is 11.6 Å². The smallest absolute Gasteiger partial charge is 0.270 e. The summed E-state index contributed by atoms with van der Waals surface area (Å²) in [5.74, 6) is 0.0352. The molecular weight excluding hydrogens is 414 g/mol. The summed E-state index contributed by atoms with van der Waals surface area (Å²) in [5.41, 5.74) is 3.18. The van der Waals surface area contributed by atoms with Crippen molar-refractivity contribution in [1.29, 1.82) is 5.26 Å². The lowest BCUT2D eigenvalue weighted by atomic mass is 10.1. The zero-order chi connectivity index (χ0) is 21.0. The van der Waals surface area contributed by atoms with E-state index in [0.29, 0.717) is 11.1 Å². The van der Waals surface area contributed by atoms with Crippen molar-refractivity contribution in [1.82, 2.24) is 9.97 Å². The second kappa shape index (κ2) is 8.26. The summed E-state index contributed by atoms with van der Waals surface area (Å²) in [6.45, 7) is 0. The minimum Gasteiger partial charge on any atom is -0.290 e. The molecule has 0 aliphatic rings. The van der Waals surface area contributed by atoms with Gasteiger partial charge in [0, 0.05) is 17.4 Å². The third-order valence-corrected chi connectivity index (χ3v) is 5.29. The Morgan fingerprint density at radius 1 is 1.24 bits per heavy atom. The Morgan fingerprint density at radius 3 is 2.59 bits per heavy atom. The number of nitriles is 1. The van der Waals surface area contributed by atoms with Gasteiger partial charge in [-0.2, -0.15) is 10.4 Å². The van der Waals surface area contributed by atoms with E-state index in [9.17, 15) is 18.5 Å². The number of hydrazone groups is 1. The molecule has 8 nitrogen and oxygen atoms in total. The van der Waals surface area contributed by atoms with E-state index >= 15 is 0 Å². The van der Waals surface area contributed by atoms with Gasteiger partial charge in [0.05, 0.1) is 21.8 Å². The standard InChI is InChI=1S/C19H14ClN5O3S/c1-29(27,28)14-8-7-13(16(20)9-14)11-22-25-19-23-17(12-5-3-2-4-6-12)15(10-21)18(26)24-19/h2-9,11H,1H3,(H2,23,24,25,26). The molecule has 0 aliphatic heterocycles. The zero-order valence-corrected chi connectivity index (χ0v) is 16.6. The number of H-pyrrole nitrogens is 1. The number of aromatic nitrogens is 2. The molecule has 3 rings (SSSR count). The minimum atomic E-state index is -3.37. The highest BCUT2D eigenvalue weighted by Crippen LogP contribution is 2.21. The number of nitrogens with one attached hydrogen (secondary N) is 2. The predicted molar refractivity (Wildman–Crippen MR) is 111 cm³/mol. The molecule has 0 amide bonds. The second-order valence-corrected chi connectivity index (χ2v) is 8.36. The van der Waals surface area contributed by atoms with E-state index in [1.807, 2.05) is 12.1 Å². The van der Waals surface area contributed by atoms with Crippen LogP contribution in [-0.2, 0) is 9.84 Å². The summed E-state index contributed by atoms with van der Waals surface area (Å²) in [6, 6.07) is 14.9. The maximum atomic E-state index is 12.2. The lowest BCUT2D eigenvalue weighted by Gasteiger charge is -2.06. The van der Waals surface area contributed by atoms with E-state index in [2.05, 4.69) is 20.5 Å². The van der Waals surface area contributed by atoms with Gasteiger partial charge in [-0.25, -0.2) is 18.8 Å². The summed E-state index contributed by atoms with van der Waals surface area (Å²) in [6.07, 6.45) is 2.44. The van der Waals surface area contributed by atoms with Crippen molar-refractivity contribution in [2.75, 3.05) is 11.7 Å². The number of rotatable bonds is 5. The number of nitrogens with zero attached hydrogens (tertiary/aromatic N) is 3. The first-order valence-electron chi connectivity index (χ1n) is 8.18. The highest BCUT2D eigenvalue weighted by atomic mass is 35.5. The quantitative estimate of drug-likeness (QED) is 0.476. The number of halogens is 1. The van der Waals surface area contributed by atoms with Crippen LogP contribution in [0.3, 0.4) is 0 Å². The van der Waals surface area contributed by atoms with Crippen LogP contribution in [0.5, 0.6) is 0 Å². The van der Waals surface area contributed by atoms with Gasteiger partial charge in [-0.15, -0.1) is 0 Å². The second-order valence-electron chi connectivity index (χ2n) is 5.94. The third-order valence-electron chi connectivity index (χ3n) is 3.85. The first-order chi connectivity index (χ1) is 13.8. The molecule has 2 aromatic carbocycles. The Labute approximate surface area is 171 Å². The molecule has 0 saturated carbocycles. The van der Waals surface area contributed by atoms with Crippen LogP contribution in [0.4, 0.5) is 5.95 Å². The third kappa shape index (κ3) is 4.68. The maximum absolute atomic E-state index is 12.2. The highest BCUT2D eigenvalue weighted by molar-refractivity contribution is 7.90. The van der Waals surface area contributed by atoms with Crippen molar-refractivity contribution in [2.24, 2.45) is 5.10 Å². The normalized spacial score (nSPS) is 11.3. The van der Waals surface area contributed by atoms with Crippen LogP contribution >= 0.6 is 11.6 Å². The molecule has 0 aliphatic carbocycles. The summed E-state index contributed by atoms with van der Waals surface area (Å²) >= 11 is 6.09. The SMILES string of the molecule is CS(=O)(=O)c1ccc(C=NNc2nc(-c3ccccc3)c(C#N)c(=O)[nH]2)c(Cl)c1. The Kier molecular flexibility index (Phi) is 5.77. The van der Waals surface area contributed by atoms with Crippen LogP contribution < -0.4 is 11.0 Å². The van der Waals surface area contributed by atoms with Gasteiger partial charge in [0.25, 0.3) is 5.56 Å². The lowest BCUT2D eigenvalue weighted by molar-refractivity contribution is 0.602. The Hall–Kier alpha value is -3.48. The lowest BCUT2D eigenvalue weighted by Crippen LogP contribution is -2.16. The molecule has 0 atom stereocenters. The number of sulfone groups is 1. The van der Waals surface area contributed by atoms with Gasteiger partial charge in [-0.05, 0) is 12.1 Å². The van der Waals surface area contributed by atoms with E-state index in [1.54, 1.807) is 24.3 Å². The van der Waals surface area contributed by atoms with Crippen molar-refractivity contribution in [2.45, 2.75) is 4.90 Å². The first kappa shape index (κ1) is 20.3. The van der Waals surface area contributed by atoms with E-state index < -0.39 is 15.4 Å². The molecule has 0 radical (unpaired) electrons. The van der Waals surface area contributed by atoms with E-state index in [1.165, 1.54) is 24.4 Å². The molecule has 146 valence electrons. The molecule has 0 bridgehead atoms. The fourth-order valence-corrected chi connectivity index (χ4v) is 3.38. The summed E-state index contributed by atoms with van der Waals surface area (Å²) in [5, 5.41) is 13.4. The van der Waals surface area contributed by atoms with Crippen molar-refractivity contribution < 1.29 is 8.42 Å². The van der Waals surface area contributed by atoms with E-state index in [-0.39, 0.29) is 27.1 Å². The van der Waals surface area contributed by atoms with Crippen molar-refractivity contribution >= 4 is 33.6 Å².